The summed E-state index contributed by atoms with van der Waals surface area (Å²) in [6, 6.07) is 17.6. The number of H-pyrrole nitrogens is 1. The number of amides is 1. The van der Waals surface area contributed by atoms with Gasteiger partial charge in [0, 0.05) is 22.7 Å². The summed E-state index contributed by atoms with van der Waals surface area (Å²) in [5.41, 5.74) is 4.39. The average Bonchev–Trinajstić information content (AvgIpc) is 3.16. The summed E-state index contributed by atoms with van der Waals surface area (Å²) in [5, 5.41) is 8.12. The van der Waals surface area contributed by atoms with E-state index in [4.69, 9.17) is 11.6 Å². The molecule has 0 radical (unpaired) electrons. The Balaban J connectivity index is 1.87. The van der Waals surface area contributed by atoms with Crippen molar-refractivity contribution in [3.8, 4) is 11.3 Å². The molecule has 3 aromatic rings. The fourth-order valence-corrected chi connectivity index (χ4v) is 3.71. The summed E-state index contributed by atoms with van der Waals surface area (Å²) < 4.78 is 0. The molecule has 132 valence electrons. The van der Waals surface area contributed by atoms with Crippen LogP contribution >= 0.6 is 11.6 Å². The zero-order valence-electron chi connectivity index (χ0n) is 14.7. The maximum Gasteiger partial charge on any atom is 0.273 e. The molecule has 5 heteroatoms. The first-order chi connectivity index (χ1) is 12.6. The Morgan fingerprint density at radius 2 is 1.81 bits per heavy atom. The van der Waals surface area contributed by atoms with Crippen LogP contribution in [-0.4, -0.2) is 27.5 Å². The van der Waals surface area contributed by atoms with Crippen molar-refractivity contribution in [2.45, 2.75) is 19.9 Å². The predicted molar refractivity (Wildman–Crippen MR) is 103 cm³/mol. The van der Waals surface area contributed by atoms with Gasteiger partial charge in [-0.15, -0.1) is 0 Å². The predicted octanol–water partition coefficient (Wildman–Crippen LogP) is 4.93. The van der Waals surface area contributed by atoms with E-state index < -0.39 is 0 Å². The first kappa shape index (κ1) is 16.9. The number of nitrogens with zero attached hydrogens (tertiary/aromatic N) is 2. The lowest BCUT2D eigenvalue weighted by molar-refractivity contribution is 0.0722. The van der Waals surface area contributed by atoms with Crippen molar-refractivity contribution >= 4 is 17.5 Å². The van der Waals surface area contributed by atoms with Gasteiger partial charge in [-0.2, -0.15) is 5.10 Å². The van der Waals surface area contributed by atoms with Crippen molar-refractivity contribution < 1.29 is 4.79 Å². The van der Waals surface area contributed by atoms with Crippen LogP contribution in [0.1, 0.15) is 41.5 Å². The zero-order chi connectivity index (χ0) is 18.3. The van der Waals surface area contributed by atoms with Gasteiger partial charge in [0.2, 0.25) is 0 Å². The lowest BCUT2D eigenvalue weighted by atomic mass is 9.96. The van der Waals surface area contributed by atoms with Crippen molar-refractivity contribution in [2.24, 2.45) is 5.92 Å². The topological polar surface area (TPSA) is 49.0 Å². The fourth-order valence-electron chi connectivity index (χ4n) is 3.59. The van der Waals surface area contributed by atoms with Crippen molar-refractivity contribution in [1.29, 1.82) is 0 Å². The van der Waals surface area contributed by atoms with Gasteiger partial charge >= 0.3 is 0 Å². The lowest BCUT2D eigenvalue weighted by Gasteiger charge is -2.28. The van der Waals surface area contributed by atoms with E-state index >= 15 is 0 Å². The number of carbonyl (C=O) groups is 1. The Kier molecular flexibility index (Phi) is 4.29. The normalized spacial score (nSPS) is 16.4. The number of aromatic amines is 1. The van der Waals surface area contributed by atoms with Crippen LogP contribution in [0.4, 0.5) is 0 Å². The van der Waals surface area contributed by atoms with Crippen molar-refractivity contribution in [2.75, 3.05) is 6.54 Å². The van der Waals surface area contributed by atoms with Crippen LogP contribution in [0.15, 0.2) is 54.6 Å². The van der Waals surface area contributed by atoms with Gasteiger partial charge in [0.1, 0.15) is 5.69 Å². The summed E-state index contributed by atoms with van der Waals surface area (Å²) in [6.45, 7) is 4.95. The average molecular weight is 366 g/mol. The van der Waals surface area contributed by atoms with E-state index in [1.54, 1.807) is 0 Å². The van der Waals surface area contributed by atoms with E-state index in [1.165, 1.54) is 0 Å². The Bertz CT molecular complexity index is 932. The largest absolute Gasteiger partial charge is 0.326 e. The zero-order valence-corrected chi connectivity index (χ0v) is 15.5. The highest BCUT2D eigenvalue weighted by Crippen LogP contribution is 2.43. The molecule has 0 unspecified atom stereocenters. The third kappa shape index (κ3) is 2.80. The second kappa shape index (κ2) is 6.61. The molecule has 1 aromatic heterocycles. The maximum absolute atomic E-state index is 13.0. The van der Waals surface area contributed by atoms with Gasteiger partial charge in [-0.3, -0.25) is 9.89 Å². The highest BCUT2D eigenvalue weighted by atomic mass is 35.5. The molecule has 1 aliphatic rings. The number of carbonyl (C=O) groups excluding carboxylic acids is 1. The molecule has 0 bridgehead atoms. The van der Waals surface area contributed by atoms with E-state index in [0.29, 0.717) is 23.2 Å². The number of fused-ring (bicyclic) bond motifs is 1. The summed E-state index contributed by atoms with van der Waals surface area (Å²) in [6.07, 6.45) is 0. The smallest absolute Gasteiger partial charge is 0.273 e. The summed E-state index contributed by atoms with van der Waals surface area (Å²) >= 11 is 6.03. The fraction of sp³-hybridized carbons (Fsp3) is 0.238. The second-order valence-electron chi connectivity index (χ2n) is 7.03. The number of aromatic nitrogens is 2. The van der Waals surface area contributed by atoms with Gasteiger partial charge < -0.3 is 4.90 Å². The van der Waals surface area contributed by atoms with Crippen molar-refractivity contribution in [3.63, 3.8) is 0 Å². The Morgan fingerprint density at radius 1 is 1.12 bits per heavy atom. The number of benzene rings is 2. The number of rotatable bonds is 4. The number of halogens is 1. The maximum atomic E-state index is 13.0. The van der Waals surface area contributed by atoms with Crippen LogP contribution < -0.4 is 0 Å². The monoisotopic (exact) mass is 365 g/mol. The van der Waals surface area contributed by atoms with Crippen LogP contribution in [0, 0.1) is 5.92 Å². The van der Waals surface area contributed by atoms with E-state index in [-0.39, 0.29) is 11.9 Å². The lowest BCUT2D eigenvalue weighted by Crippen LogP contribution is -2.32. The molecule has 1 aliphatic heterocycles. The molecule has 4 rings (SSSR count). The standard InChI is InChI=1S/C21H20ClN3O/c1-13(2)12-25-20(15-6-4-3-5-7-15)17-18(23-24-19(17)21(25)26)14-8-10-16(22)11-9-14/h3-11,13,20H,12H2,1-2H3,(H,23,24)/t20-/m1/s1. The highest BCUT2D eigenvalue weighted by Gasteiger charge is 2.42. The Hall–Kier alpha value is -2.59. The second-order valence-corrected chi connectivity index (χ2v) is 7.47. The van der Waals surface area contributed by atoms with Gasteiger partial charge in [0.15, 0.2) is 0 Å². The van der Waals surface area contributed by atoms with Crippen LogP contribution in [0.5, 0.6) is 0 Å². The molecule has 0 saturated heterocycles. The molecule has 1 N–H and O–H groups in total. The molecule has 26 heavy (non-hydrogen) atoms. The third-order valence-electron chi connectivity index (χ3n) is 4.66. The molecule has 2 aromatic carbocycles. The van der Waals surface area contributed by atoms with E-state index in [2.05, 4.69) is 36.2 Å². The molecule has 1 atom stereocenters. The summed E-state index contributed by atoms with van der Waals surface area (Å²) in [7, 11) is 0. The van der Waals surface area contributed by atoms with Crippen LogP contribution in [0.3, 0.4) is 0 Å². The first-order valence-electron chi connectivity index (χ1n) is 8.76. The van der Waals surface area contributed by atoms with E-state index in [9.17, 15) is 4.79 Å². The minimum atomic E-state index is -0.134. The van der Waals surface area contributed by atoms with Gasteiger partial charge in [0.25, 0.3) is 5.91 Å². The first-order valence-corrected chi connectivity index (χ1v) is 9.14. The highest BCUT2D eigenvalue weighted by molar-refractivity contribution is 6.30. The molecule has 0 aliphatic carbocycles. The SMILES string of the molecule is CC(C)CN1C(=O)c2[nH]nc(-c3ccc(Cl)cc3)c2[C@H]1c1ccccc1. The van der Waals surface area contributed by atoms with E-state index in [1.807, 2.05) is 47.4 Å². The minimum absolute atomic E-state index is 0.00951. The van der Waals surface area contributed by atoms with E-state index in [0.717, 1.165) is 22.4 Å². The molecule has 0 saturated carbocycles. The Labute approximate surface area is 157 Å². The number of hydrogen-bond acceptors (Lipinski definition) is 2. The van der Waals surface area contributed by atoms with Crippen LogP contribution in [0.2, 0.25) is 5.02 Å². The molecule has 0 spiro atoms. The van der Waals surface area contributed by atoms with Gasteiger partial charge in [-0.25, -0.2) is 0 Å². The third-order valence-corrected chi connectivity index (χ3v) is 4.91. The summed E-state index contributed by atoms with van der Waals surface area (Å²) in [5.74, 6) is 0.386. The quantitative estimate of drug-likeness (QED) is 0.712. The molecule has 0 fully saturated rings. The van der Waals surface area contributed by atoms with Crippen LogP contribution in [-0.2, 0) is 0 Å². The summed E-state index contributed by atoms with van der Waals surface area (Å²) in [4.78, 5) is 15.0. The van der Waals surface area contributed by atoms with Crippen LogP contribution in [0.25, 0.3) is 11.3 Å². The minimum Gasteiger partial charge on any atom is -0.326 e. The van der Waals surface area contributed by atoms with Gasteiger partial charge in [0.05, 0.1) is 11.7 Å². The number of hydrogen-bond donors (Lipinski definition) is 1. The molecule has 1 amide bonds. The molecular formula is C21H20ClN3O. The van der Waals surface area contributed by atoms with Gasteiger partial charge in [-0.05, 0) is 23.6 Å². The van der Waals surface area contributed by atoms with Gasteiger partial charge in [-0.1, -0.05) is 67.9 Å². The van der Waals surface area contributed by atoms with Crippen molar-refractivity contribution in [3.05, 3.63) is 76.4 Å². The Morgan fingerprint density at radius 3 is 2.46 bits per heavy atom. The molecule has 4 nitrogen and oxygen atoms in total. The molecular weight excluding hydrogens is 346 g/mol. The number of nitrogens with one attached hydrogen (secondary N) is 1. The molecule has 2 heterocycles. The van der Waals surface area contributed by atoms with Crippen molar-refractivity contribution in [1.82, 2.24) is 15.1 Å².